The lowest BCUT2D eigenvalue weighted by Gasteiger charge is -2.37. The number of carbonyl (C=O) groups is 3. The number of nitrogens with zero attached hydrogens (tertiary/aromatic N) is 1. The lowest BCUT2D eigenvalue weighted by molar-refractivity contribution is -0.162. The van der Waals surface area contributed by atoms with E-state index in [4.69, 9.17) is 54.2 Å². The van der Waals surface area contributed by atoms with Crippen molar-refractivity contribution in [1.82, 2.24) is 10.2 Å². The maximum absolute atomic E-state index is 14.5. The quantitative estimate of drug-likeness (QED) is 0.0352. The summed E-state index contributed by atoms with van der Waals surface area (Å²) in [5.74, 6) is 2.66. The third kappa shape index (κ3) is 17.9. The zero-order chi connectivity index (χ0) is 48.2. The van der Waals surface area contributed by atoms with E-state index in [1.54, 1.807) is 45.5 Å². The van der Waals surface area contributed by atoms with Crippen molar-refractivity contribution in [3.05, 3.63) is 71.3 Å². The van der Waals surface area contributed by atoms with Crippen molar-refractivity contribution in [3.63, 3.8) is 0 Å². The Morgan fingerprint density at radius 3 is 2.06 bits per heavy atom. The molecule has 1 saturated heterocycles. The molecule has 372 valence electrons. The van der Waals surface area contributed by atoms with E-state index in [9.17, 15) is 14.4 Å². The van der Waals surface area contributed by atoms with Crippen molar-refractivity contribution in [1.29, 1.82) is 0 Å². The van der Waals surface area contributed by atoms with E-state index in [0.29, 0.717) is 105 Å². The molecular formula is C52H75ClN2O12. The van der Waals surface area contributed by atoms with E-state index in [2.05, 4.69) is 5.32 Å². The molecule has 0 aliphatic carbocycles. The van der Waals surface area contributed by atoms with Gasteiger partial charge in [0.2, 0.25) is 17.6 Å². The van der Waals surface area contributed by atoms with E-state index >= 15 is 0 Å². The van der Waals surface area contributed by atoms with Gasteiger partial charge in [-0.25, -0.2) is 4.79 Å². The number of hydrogen-bond acceptors (Lipinski definition) is 12. The second-order valence-electron chi connectivity index (χ2n) is 16.5. The summed E-state index contributed by atoms with van der Waals surface area (Å²) in [6.45, 7) is 5.57. The molecular weight excluding hydrogens is 880 g/mol. The normalized spacial score (nSPS) is 14.4. The zero-order valence-electron chi connectivity index (χ0n) is 40.7. The predicted octanol–water partition coefficient (Wildman–Crippen LogP) is 9.41. The Bertz CT molecular complexity index is 1910. The highest BCUT2D eigenvalue weighted by Crippen LogP contribution is 2.41. The molecule has 0 spiro atoms. The van der Waals surface area contributed by atoms with Crippen LogP contribution in [0.1, 0.15) is 119 Å². The van der Waals surface area contributed by atoms with Crippen LogP contribution in [0.3, 0.4) is 0 Å². The molecule has 1 N–H and O–H groups in total. The lowest BCUT2D eigenvalue weighted by atomic mass is 9.91. The minimum Gasteiger partial charge on any atom is -0.493 e. The molecule has 67 heavy (non-hydrogen) atoms. The predicted molar refractivity (Wildman–Crippen MR) is 259 cm³/mol. The van der Waals surface area contributed by atoms with Crippen molar-refractivity contribution < 1.29 is 57.0 Å². The Labute approximate surface area is 403 Å². The topological polar surface area (TPSA) is 150 Å². The fraction of sp³-hybridized carbons (Fsp3) is 0.596. The number of unbranched alkanes of at least 4 members (excludes halogenated alkanes) is 5. The van der Waals surface area contributed by atoms with Crippen LogP contribution < -0.4 is 33.7 Å². The number of rotatable bonds is 33. The van der Waals surface area contributed by atoms with Gasteiger partial charge in [0.05, 0.1) is 61.2 Å². The SMILES string of the molecule is CC[C@H](C(=O)N1CCCC[C@H]1C(=O)O[C@H](CCc1ccc(OC)c(OC)c1)c1cccc(OCCNC(=O)CCCCCOCCOCCCCCCCl)c1)c1cc(OC)c(OC)c(OC)c1. The highest BCUT2D eigenvalue weighted by molar-refractivity contribution is 6.17. The van der Waals surface area contributed by atoms with Gasteiger partial charge in [-0.05, 0) is 117 Å². The van der Waals surface area contributed by atoms with Gasteiger partial charge in [-0.1, -0.05) is 44.4 Å². The molecule has 4 rings (SSSR count). The van der Waals surface area contributed by atoms with Gasteiger partial charge in [0, 0.05) is 32.1 Å². The Hall–Kier alpha value is -4.92. The van der Waals surface area contributed by atoms with Gasteiger partial charge in [-0.2, -0.15) is 0 Å². The molecule has 0 aromatic heterocycles. The number of methoxy groups -OCH3 is 5. The highest BCUT2D eigenvalue weighted by Gasteiger charge is 2.38. The first-order chi connectivity index (χ1) is 32.7. The smallest absolute Gasteiger partial charge is 0.329 e. The number of carbonyl (C=O) groups excluding carboxylic acids is 3. The van der Waals surface area contributed by atoms with Crippen molar-refractivity contribution in [2.24, 2.45) is 0 Å². The van der Waals surface area contributed by atoms with Crippen molar-refractivity contribution >= 4 is 29.4 Å². The first-order valence-electron chi connectivity index (χ1n) is 23.9. The Morgan fingerprint density at radius 2 is 1.40 bits per heavy atom. The first kappa shape index (κ1) is 54.7. The summed E-state index contributed by atoms with van der Waals surface area (Å²) in [5.41, 5.74) is 2.43. The highest BCUT2D eigenvalue weighted by atomic mass is 35.5. The van der Waals surface area contributed by atoms with Crippen molar-refractivity contribution in [3.8, 4) is 34.5 Å². The molecule has 15 heteroatoms. The fourth-order valence-corrected chi connectivity index (χ4v) is 8.42. The van der Waals surface area contributed by atoms with Crippen LogP contribution in [0.4, 0.5) is 0 Å². The number of halogens is 1. The van der Waals surface area contributed by atoms with Crippen LogP contribution in [0.2, 0.25) is 0 Å². The van der Waals surface area contributed by atoms with Crippen LogP contribution in [0.5, 0.6) is 34.5 Å². The standard InChI is InChI=1S/C52H75ClN2O12/c1-7-42(40-36-47(61-4)50(63-6)48(37-40)62-5)51(57)55-28-14-12-20-43(55)52(58)67-44(24-22-38-23-25-45(59-2)46(34-38)60-3)39-18-17-19-41(35-39)66-31-27-54-49(56)21-11-10-16-30-65-33-32-64-29-15-9-8-13-26-53/h17-19,23,25,34-37,42-44H,7-16,20-22,24,26-33H2,1-6H3,(H,54,56)/t42-,43-,44+/m0/s1. The summed E-state index contributed by atoms with van der Waals surface area (Å²) in [7, 11) is 7.80. The molecule has 0 saturated carbocycles. The zero-order valence-corrected chi connectivity index (χ0v) is 41.5. The average Bonchev–Trinajstić information content (AvgIpc) is 3.36. The molecule has 2 amide bonds. The minimum absolute atomic E-state index is 0.0243. The number of hydrogen-bond donors (Lipinski definition) is 1. The van der Waals surface area contributed by atoms with Crippen molar-refractivity contribution in [2.45, 2.75) is 115 Å². The third-order valence-corrected chi connectivity index (χ3v) is 12.2. The Kier molecular flexibility index (Phi) is 25.5. The maximum Gasteiger partial charge on any atom is 0.329 e. The summed E-state index contributed by atoms with van der Waals surface area (Å²) >= 11 is 5.71. The molecule has 1 heterocycles. The molecule has 0 radical (unpaired) electrons. The number of amides is 2. The second kappa shape index (κ2) is 31.2. The Morgan fingerprint density at radius 1 is 0.716 bits per heavy atom. The van der Waals surface area contributed by atoms with Crippen LogP contribution in [0.25, 0.3) is 0 Å². The number of piperidine rings is 1. The van der Waals surface area contributed by atoms with E-state index in [1.165, 1.54) is 7.11 Å². The monoisotopic (exact) mass is 955 g/mol. The number of ether oxygens (including phenoxy) is 9. The number of likely N-dealkylation sites (tertiary alicyclic amines) is 1. The van der Waals surface area contributed by atoms with Gasteiger partial charge in [-0.15, -0.1) is 11.6 Å². The van der Waals surface area contributed by atoms with Gasteiger partial charge < -0.3 is 52.8 Å². The van der Waals surface area contributed by atoms with Crippen LogP contribution in [-0.2, 0) is 35.0 Å². The number of esters is 1. The van der Waals surface area contributed by atoms with Crippen molar-refractivity contribution in [2.75, 3.05) is 87.6 Å². The van der Waals surface area contributed by atoms with Gasteiger partial charge in [0.1, 0.15) is 24.5 Å². The van der Waals surface area contributed by atoms with Crippen LogP contribution in [0, 0.1) is 0 Å². The molecule has 3 aromatic carbocycles. The average molecular weight is 956 g/mol. The summed E-state index contributed by atoms with van der Waals surface area (Å²) in [5, 5.41) is 2.95. The third-order valence-electron chi connectivity index (χ3n) is 11.9. The molecule has 0 unspecified atom stereocenters. The van der Waals surface area contributed by atoms with Crippen LogP contribution in [-0.4, -0.2) is 116 Å². The molecule has 0 bridgehead atoms. The maximum atomic E-state index is 14.5. The van der Waals surface area contributed by atoms with Gasteiger partial charge >= 0.3 is 5.97 Å². The Balaban J connectivity index is 1.35. The molecule has 1 fully saturated rings. The molecule has 1 aliphatic rings. The molecule has 3 atom stereocenters. The summed E-state index contributed by atoms with van der Waals surface area (Å²) < 4.78 is 51.6. The first-order valence-corrected chi connectivity index (χ1v) is 24.5. The van der Waals surface area contributed by atoms with E-state index < -0.39 is 24.0 Å². The number of benzene rings is 3. The van der Waals surface area contributed by atoms with Crippen LogP contribution in [0.15, 0.2) is 54.6 Å². The number of alkyl halides is 1. The summed E-state index contributed by atoms with van der Waals surface area (Å²) in [4.78, 5) is 43.1. The van der Waals surface area contributed by atoms with Crippen LogP contribution >= 0.6 is 11.6 Å². The van der Waals surface area contributed by atoms with E-state index in [-0.39, 0.29) is 18.4 Å². The van der Waals surface area contributed by atoms with E-state index in [1.807, 2.05) is 49.4 Å². The second-order valence-corrected chi connectivity index (χ2v) is 16.9. The fourth-order valence-electron chi connectivity index (χ4n) is 8.24. The minimum atomic E-state index is -0.769. The number of nitrogens with one attached hydrogen (secondary N) is 1. The largest absolute Gasteiger partial charge is 0.493 e. The van der Waals surface area contributed by atoms with E-state index in [0.717, 1.165) is 81.4 Å². The molecule has 3 aromatic rings. The molecule has 1 aliphatic heterocycles. The molecule has 14 nitrogen and oxygen atoms in total. The lowest BCUT2D eigenvalue weighted by Crippen LogP contribution is -2.50. The number of aryl methyl sites for hydroxylation is 1. The van der Waals surface area contributed by atoms with Gasteiger partial charge in [0.15, 0.2) is 23.0 Å². The summed E-state index contributed by atoms with van der Waals surface area (Å²) in [6, 6.07) is 16.0. The van der Waals surface area contributed by atoms with Gasteiger partial charge in [0.25, 0.3) is 0 Å². The van der Waals surface area contributed by atoms with Gasteiger partial charge in [-0.3, -0.25) is 9.59 Å². The summed E-state index contributed by atoms with van der Waals surface area (Å²) in [6.07, 6.45) is 10.3.